The molecule has 0 saturated carbocycles. The van der Waals surface area contributed by atoms with Gasteiger partial charge in [-0.1, -0.05) is 29.8 Å². The Kier molecular flexibility index (Phi) is 5.88. The quantitative estimate of drug-likeness (QED) is 0.563. The zero-order chi connectivity index (χ0) is 21.3. The third-order valence-electron chi connectivity index (χ3n) is 5.57. The molecule has 0 atom stereocenters. The molecule has 2 aromatic carbocycles. The van der Waals surface area contributed by atoms with Gasteiger partial charge in [0.1, 0.15) is 11.0 Å². The minimum Gasteiger partial charge on any atom is -0.367 e. The summed E-state index contributed by atoms with van der Waals surface area (Å²) < 4.78 is 16.2. The van der Waals surface area contributed by atoms with Gasteiger partial charge in [0.25, 0.3) is 0 Å². The number of anilines is 1. The maximum atomic E-state index is 14.5. The summed E-state index contributed by atoms with van der Waals surface area (Å²) in [5.41, 5.74) is 3.82. The molecule has 0 radical (unpaired) electrons. The molecule has 0 unspecified atom stereocenters. The van der Waals surface area contributed by atoms with Crippen LogP contribution in [0.4, 0.5) is 10.1 Å². The van der Waals surface area contributed by atoms with Gasteiger partial charge in [-0.25, -0.2) is 9.07 Å². The highest BCUT2D eigenvalue weighted by Crippen LogP contribution is 2.27. The molecule has 0 aliphatic carbocycles. The highest BCUT2D eigenvalue weighted by molar-refractivity contribution is 6.30. The Balaban J connectivity index is 1.43. The number of nitrogens with zero attached hydrogens (tertiary/aromatic N) is 4. The molecule has 156 valence electrons. The van der Waals surface area contributed by atoms with Gasteiger partial charge in [0.05, 0.1) is 17.1 Å². The van der Waals surface area contributed by atoms with E-state index >= 15 is 0 Å². The van der Waals surface area contributed by atoms with Gasteiger partial charge in [-0.3, -0.25) is 9.69 Å². The van der Waals surface area contributed by atoms with Crippen LogP contribution in [0.5, 0.6) is 0 Å². The van der Waals surface area contributed by atoms with Gasteiger partial charge in [-0.15, -0.1) is 0 Å². The lowest BCUT2D eigenvalue weighted by atomic mass is 10.1. The smallest absolute Gasteiger partial charge is 0.159 e. The number of benzene rings is 2. The zero-order valence-electron chi connectivity index (χ0n) is 17.1. The second-order valence-corrected chi connectivity index (χ2v) is 7.95. The first-order valence-electron chi connectivity index (χ1n) is 10.0. The summed E-state index contributed by atoms with van der Waals surface area (Å²) in [6, 6.07) is 14.6. The van der Waals surface area contributed by atoms with Crippen molar-refractivity contribution >= 4 is 23.1 Å². The van der Waals surface area contributed by atoms with Crippen molar-refractivity contribution in [2.45, 2.75) is 20.4 Å². The number of piperazine rings is 1. The molecule has 30 heavy (non-hydrogen) atoms. The fourth-order valence-corrected chi connectivity index (χ4v) is 4.14. The Morgan fingerprint density at radius 1 is 1.10 bits per heavy atom. The Labute approximate surface area is 180 Å². The van der Waals surface area contributed by atoms with E-state index in [4.69, 9.17) is 11.6 Å². The summed E-state index contributed by atoms with van der Waals surface area (Å²) >= 11 is 6.66. The highest BCUT2D eigenvalue weighted by atomic mass is 35.5. The van der Waals surface area contributed by atoms with Crippen LogP contribution in [0.25, 0.3) is 5.69 Å². The molecule has 2 heterocycles. The van der Waals surface area contributed by atoms with Crippen LogP contribution in [0.2, 0.25) is 5.15 Å². The lowest BCUT2D eigenvalue weighted by Gasteiger charge is -2.36. The van der Waals surface area contributed by atoms with Crippen LogP contribution in [0.1, 0.15) is 28.5 Å². The van der Waals surface area contributed by atoms with Gasteiger partial charge in [-0.05, 0) is 44.2 Å². The van der Waals surface area contributed by atoms with Crippen molar-refractivity contribution in [1.29, 1.82) is 0 Å². The van der Waals surface area contributed by atoms with Crippen LogP contribution in [0.3, 0.4) is 0 Å². The summed E-state index contributed by atoms with van der Waals surface area (Å²) in [6.45, 7) is 7.13. The van der Waals surface area contributed by atoms with Gasteiger partial charge in [0.15, 0.2) is 5.78 Å². The number of Topliss-reactive ketones (excluding diaryl/α,β-unsaturated/α-hetero) is 1. The predicted octanol–water partition coefficient (Wildman–Crippen LogP) is 4.50. The van der Waals surface area contributed by atoms with E-state index in [0.717, 1.165) is 30.0 Å². The van der Waals surface area contributed by atoms with E-state index < -0.39 is 0 Å². The summed E-state index contributed by atoms with van der Waals surface area (Å²) in [6.07, 6.45) is 0. The largest absolute Gasteiger partial charge is 0.367 e. The van der Waals surface area contributed by atoms with Crippen LogP contribution >= 0.6 is 11.6 Å². The molecule has 1 fully saturated rings. The Bertz CT molecular complexity index is 1060. The number of rotatable bonds is 5. The monoisotopic (exact) mass is 426 g/mol. The van der Waals surface area contributed by atoms with Crippen LogP contribution in [-0.4, -0.2) is 46.6 Å². The Morgan fingerprint density at radius 3 is 2.43 bits per heavy atom. The Hall–Kier alpha value is -2.70. The van der Waals surface area contributed by atoms with Gasteiger partial charge >= 0.3 is 0 Å². The molecule has 0 spiro atoms. The SMILES string of the molecule is CC(=O)c1ccc(N2CCN(Cc3c(C)nn(-c4ccccc4)c3Cl)CC2)c(F)c1. The normalized spacial score (nSPS) is 14.9. The standard InChI is InChI=1S/C23H24ClFN4O/c1-16-20(23(24)29(26-16)19-6-4-3-5-7-19)15-27-10-12-28(13-11-27)22-9-8-18(17(2)30)14-21(22)25/h3-9,14H,10-13,15H2,1-2H3. The molecular weight excluding hydrogens is 403 g/mol. The van der Waals surface area contributed by atoms with Crippen molar-refractivity contribution in [3.8, 4) is 5.69 Å². The lowest BCUT2D eigenvalue weighted by Crippen LogP contribution is -2.46. The molecule has 1 saturated heterocycles. The number of ketones is 1. The van der Waals surface area contributed by atoms with E-state index in [-0.39, 0.29) is 11.6 Å². The first-order chi connectivity index (χ1) is 14.4. The van der Waals surface area contributed by atoms with Crippen molar-refractivity contribution in [3.63, 3.8) is 0 Å². The highest BCUT2D eigenvalue weighted by Gasteiger charge is 2.23. The zero-order valence-corrected chi connectivity index (χ0v) is 17.9. The first-order valence-corrected chi connectivity index (χ1v) is 10.4. The fourth-order valence-electron chi connectivity index (χ4n) is 3.80. The molecule has 0 bridgehead atoms. The molecule has 1 aliphatic heterocycles. The summed E-state index contributed by atoms with van der Waals surface area (Å²) in [4.78, 5) is 15.8. The molecule has 4 rings (SSSR count). The van der Waals surface area contributed by atoms with E-state index in [9.17, 15) is 9.18 Å². The van der Waals surface area contributed by atoms with Gasteiger partial charge in [0.2, 0.25) is 0 Å². The minimum absolute atomic E-state index is 0.131. The maximum Gasteiger partial charge on any atom is 0.159 e. The molecule has 1 aliphatic rings. The Morgan fingerprint density at radius 2 is 1.80 bits per heavy atom. The fraction of sp³-hybridized carbons (Fsp3) is 0.304. The lowest BCUT2D eigenvalue weighted by molar-refractivity contribution is 0.101. The third-order valence-corrected chi connectivity index (χ3v) is 5.96. The van der Waals surface area contributed by atoms with Crippen LogP contribution in [0.15, 0.2) is 48.5 Å². The number of aromatic nitrogens is 2. The number of carbonyl (C=O) groups excluding carboxylic acids is 1. The van der Waals surface area contributed by atoms with Crippen molar-refractivity contribution in [2.75, 3.05) is 31.1 Å². The average Bonchev–Trinajstić information content (AvgIpc) is 3.03. The molecule has 3 aromatic rings. The third kappa shape index (κ3) is 4.11. The average molecular weight is 427 g/mol. The van der Waals surface area contributed by atoms with Crippen LogP contribution < -0.4 is 4.90 Å². The number of carbonyl (C=O) groups is 1. The van der Waals surface area contributed by atoms with Gasteiger partial charge < -0.3 is 4.90 Å². The number of para-hydroxylation sites is 1. The van der Waals surface area contributed by atoms with Crippen molar-refractivity contribution in [2.24, 2.45) is 0 Å². The van der Waals surface area contributed by atoms with E-state index in [0.29, 0.717) is 36.0 Å². The van der Waals surface area contributed by atoms with E-state index in [1.54, 1.807) is 16.8 Å². The van der Waals surface area contributed by atoms with Crippen LogP contribution in [0, 0.1) is 12.7 Å². The molecule has 1 aromatic heterocycles. The summed E-state index contributed by atoms with van der Waals surface area (Å²) in [5.74, 6) is -0.479. The molecule has 0 amide bonds. The number of hydrogen-bond acceptors (Lipinski definition) is 4. The molecule has 7 heteroatoms. The second kappa shape index (κ2) is 8.58. The topological polar surface area (TPSA) is 41.4 Å². The molecular formula is C23H24ClFN4O. The van der Waals surface area contributed by atoms with E-state index in [1.165, 1.54) is 13.0 Å². The number of hydrogen-bond donors (Lipinski definition) is 0. The number of aryl methyl sites for hydroxylation is 1. The van der Waals surface area contributed by atoms with E-state index in [2.05, 4.69) is 10.00 Å². The van der Waals surface area contributed by atoms with Crippen molar-refractivity contribution in [3.05, 3.63) is 76.3 Å². The first kappa shape index (κ1) is 20.6. The maximum absolute atomic E-state index is 14.5. The summed E-state index contributed by atoms with van der Waals surface area (Å²) in [5, 5.41) is 5.24. The molecule has 5 nitrogen and oxygen atoms in total. The second-order valence-electron chi connectivity index (χ2n) is 7.59. The van der Waals surface area contributed by atoms with Crippen LogP contribution in [-0.2, 0) is 6.54 Å². The van der Waals surface area contributed by atoms with Crippen molar-refractivity contribution in [1.82, 2.24) is 14.7 Å². The van der Waals surface area contributed by atoms with Gasteiger partial charge in [-0.2, -0.15) is 5.10 Å². The predicted molar refractivity (Wildman–Crippen MR) is 117 cm³/mol. The van der Waals surface area contributed by atoms with Gasteiger partial charge in [0, 0.05) is 43.9 Å². The molecule has 0 N–H and O–H groups in total. The van der Waals surface area contributed by atoms with Crippen molar-refractivity contribution < 1.29 is 9.18 Å². The van der Waals surface area contributed by atoms with E-state index in [1.807, 2.05) is 42.2 Å². The summed E-state index contributed by atoms with van der Waals surface area (Å²) in [7, 11) is 0. The minimum atomic E-state index is -0.348. The number of halogens is 2.